The summed E-state index contributed by atoms with van der Waals surface area (Å²) in [5, 5.41) is 6.09. The summed E-state index contributed by atoms with van der Waals surface area (Å²) < 4.78 is 20.9. The lowest BCUT2D eigenvalue weighted by Gasteiger charge is -2.16. The number of nitrogens with zero attached hydrogens (tertiary/aromatic N) is 1. The summed E-state index contributed by atoms with van der Waals surface area (Å²) in [6, 6.07) is 10.1. The van der Waals surface area contributed by atoms with Gasteiger partial charge in [-0.25, -0.2) is 4.79 Å². The second kappa shape index (κ2) is 9.92. The maximum atomic E-state index is 13.1. The Bertz CT molecular complexity index is 1200. The van der Waals surface area contributed by atoms with Crippen LogP contribution in [0.1, 0.15) is 31.7 Å². The summed E-state index contributed by atoms with van der Waals surface area (Å²) in [6.45, 7) is 0. The number of carbonyl (C=O) groups excluding carboxylic acids is 2. The molecule has 2 heterocycles. The number of esters is 1. The minimum atomic E-state index is -0.507. The van der Waals surface area contributed by atoms with E-state index in [1.807, 2.05) is 12.1 Å². The van der Waals surface area contributed by atoms with Gasteiger partial charge in [-0.3, -0.25) is 9.78 Å². The summed E-state index contributed by atoms with van der Waals surface area (Å²) in [5.74, 6) is 0.178. The van der Waals surface area contributed by atoms with Gasteiger partial charge in [0.15, 0.2) is 11.5 Å². The van der Waals surface area contributed by atoms with Gasteiger partial charge >= 0.3 is 5.97 Å². The van der Waals surface area contributed by atoms with Crippen molar-refractivity contribution in [2.45, 2.75) is 10.3 Å². The quantitative estimate of drug-likeness (QED) is 0.476. The largest absolute Gasteiger partial charge is 0.493 e. The van der Waals surface area contributed by atoms with Gasteiger partial charge in [-0.2, -0.15) is 0 Å². The van der Waals surface area contributed by atoms with E-state index in [-0.39, 0.29) is 5.37 Å². The van der Waals surface area contributed by atoms with Crippen LogP contribution >= 0.6 is 11.8 Å². The number of carbonyl (C=O) groups is 2. The number of methoxy groups -OCH3 is 4. The summed E-state index contributed by atoms with van der Waals surface area (Å²) in [7, 11) is 5.76. The Morgan fingerprint density at radius 2 is 1.71 bits per heavy atom. The molecule has 0 saturated heterocycles. The highest BCUT2D eigenvalue weighted by atomic mass is 32.2. The number of pyridine rings is 1. The van der Waals surface area contributed by atoms with E-state index in [1.165, 1.54) is 28.4 Å². The Hall–Kier alpha value is -3.92. The minimum absolute atomic E-state index is 0.166. The number of nitrogens with one attached hydrogen (secondary N) is 2. The van der Waals surface area contributed by atoms with Crippen LogP contribution in [0, 0.1) is 0 Å². The molecule has 0 saturated carbocycles. The monoisotopic (exact) mass is 481 g/mol. The second-order valence-corrected chi connectivity index (χ2v) is 8.36. The number of ether oxygens (including phenoxy) is 4. The molecule has 1 aliphatic heterocycles. The fourth-order valence-corrected chi connectivity index (χ4v) is 4.66. The van der Waals surface area contributed by atoms with Gasteiger partial charge in [0.25, 0.3) is 5.91 Å². The third kappa shape index (κ3) is 4.58. The van der Waals surface area contributed by atoms with Crippen LogP contribution in [0.4, 0.5) is 11.4 Å². The van der Waals surface area contributed by atoms with Gasteiger partial charge in [-0.05, 0) is 42.0 Å². The van der Waals surface area contributed by atoms with Gasteiger partial charge in [0.2, 0.25) is 5.75 Å². The molecule has 9 nitrogen and oxygen atoms in total. The smallest absolute Gasteiger partial charge is 0.337 e. The molecule has 2 aromatic carbocycles. The van der Waals surface area contributed by atoms with E-state index in [0.717, 1.165) is 16.1 Å². The molecule has 0 spiro atoms. The molecule has 0 aliphatic carbocycles. The zero-order valence-corrected chi connectivity index (χ0v) is 19.8. The zero-order chi connectivity index (χ0) is 24.2. The Morgan fingerprint density at radius 1 is 0.971 bits per heavy atom. The molecular formula is C24H23N3O6S. The van der Waals surface area contributed by atoms with Crippen molar-refractivity contribution < 1.29 is 28.5 Å². The standard InChI is InChI=1S/C24H23N3O6S/c1-30-18-10-13(11-19(31-2)21(18)32-3)22(28)26-16-8-14(7-15(9-16)24(29)33-4)23-27-17-5-6-25-12-20(17)34-23/h5-12,23,27H,1-4H3,(H,26,28). The van der Waals surface area contributed by atoms with Crippen LogP contribution in [0.25, 0.3) is 0 Å². The van der Waals surface area contributed by atoms with Gasteiger partial charge in [0.05, 0.1) is 44.6 Å². The molecule has 34 heavy (non-hydrogen) atoms. The second-order valence-electron chi connectivity index (χ2n) is 7.22. The van der Waals surface area contributed by atoms with Gasteiger partial charge in [0.1, 0.15) is 5.37 Å². The molecule has 1 aliphatic rings. The first kappa shape index (κ1) is 23.2. The Kier molecular flexibility index (Phi) is 6.78. The predicted octanol–water partition coefficient (Wildman–Crippen LogP) is 4.36. The molecule has 0 bridgehead atoms. The van der Waals surface area contributed by atoms with Crippen LogP contribution in [0.2, 0.25) is 0 Å². The van der Waals surface area contributed by atoms with Crippen molar-refractivity contribution in [3.8, 4) is 17.2 Å². The number of rotatable bonds is 7. The van der Waals surface area contributed by atoms with Crippen molar-refractivity contribution >= 4 is 35.0 Å². The lowest BCUT2D eigenvalue weighted by molar-refractivity contribution is 0.0600. The van der Waals surface area contributed by atoms with Gasteiger partial charge in [-0.15, -0.1) is 0 Å². The number of anilines is 2. The number of benzene rings is 2. The molecule has 1 atom stereocenters. The number of thioether (sulfide) groups is 1. The summed E-state index contributed by atoms with van der Waals surface area (Å²) >= 11 is 1.57. The topological polar surface area (TPSA) is 108 Å². The summed E-state index contributed by atoms with van der Waals surface area (Å²) in [4.78, 5) is 30.6. The van der Waals surface area contributed by atoms with E-state index in [1.54, 1.807) is 48.4 Å². The summed E-state index contributed by atoms with van der Waals surface area (Å²) in [5.41, 5.74) is 2.80. The molecule has 4 rings (SSSR count). The van der Waals surface area contributed by atoms with Crippen LogP contribution < -0.4 is 24.8 Å². The highest BCUT2D eigenvalue weighted by Gasteiger charge is 2.25. The van der Waals surface area contributed by atoms with Crippen molar-refractivity contribution in [2.24, 2.45) is 0 Å². The average molecular weight is 482 g/mol. The van der Waals surface area contributed by atoms with Crippen LogP contribution in [0.3, 0.4) is 0 Å². The van der Waals surface area contributed by atoms with E-state index < -0.39 is 11.9 Å². The van der Waals surface area contributed by atoms with Gasteiger partial charge in [-0.1, -0.05) is 11.8 Å². The maximum absolute atomic E-state index is 13.1. The fourth-order valence-electron chi connectivity index (χ4n) is 3.57. The number of fused-ring (bicyclic) bond motifs is 1. The maximum Gasteiger partial charge on any atom is 0.337 e. The van der Waals surface area contributed by atoms with Gasteiger partial charge in [0, 0.05) is 23.6 Å². The highest BCUT2D eigenvalue weighted by molar-refractivity contribution is 8.00. The lowest BCUT2D eigenvalue weighted by atomic mass is 10.1. The van der Waals surface area contributed by atoms with E-state index >= 15 is 0 Å². The third-order valence-corrected chi connectivity index (χ3v) is 6.38. The highest BCUT2D eigenvalue weighted by Crippen LogP contribution is 2.46. The molecule has 1 amide bonds. The van der Waals surface area contributed by atoms with Crippen LogP contribution in [0.15, 0.2) is 53.7 Å². The van der Waals surface area contributed by atoms with Crippen LogP contribution in [-0.2, 0) is 4.74 Å². The first-order chi connectivity index (χ1) is 16.5. The van der Waals surface area contributed by atoms with E-state index in [9.17, 15) is 9.59 Å². The lowest BCUT2D eigenvalue weighted by Crippen LogP contribution is -2.14. The first-order valence-electron chi connectivity index (χ1n) is 10.2. The SMILES string of the molecule is COC(=O)c1cc(NC(=O)c2cc(OC)c(OC)c(OC)c2)cc(C2Nc3ccncc3S2)c1. The molecule has 1 unspecified atom stereocenters. The molecule has 1 aromatic heterocycles. The molecule has 10 heteroatoms. The summed E-state index contributed by atoms with van der Waals surface area (Å²) in [6.07, 6.45) is 3.49. The number of amides is 1. The van der Waals surface area contributed by atoms with E-state index in [2.05, 4.69) is 15.6 Å². The zero-order valence-electron chi connectivity index (χ0n) is 19.0. The van der Waals surface area contributed by atoms with Crippen molar-refractivity contribution in [1.29, 1.82) is 0 Å². The molecule has 176 valence electrons. The van der Waals surface area contributed by atoms with E-state index in [0.29, 0.717) is 34.1 Å². The average Bonchev–Trinajstić information content (AvgIpc) is 3.31. The third-order valence-electron chi connectivity index (χ3n) is 5.18. The van der Waals surface area contributed by atoms with Crippen molar-refractivity contribution in [3.05, 3.63) is 65.5 Å². The normalized spacial score (nSPS) is 13.9. The van der Waals surface area contributed by atoms with Crippen molar-refractivity contribution in [1.82, 2.24) is 4.98 Å². The number of hydrogen-bond donors (Lipinski definition) is 2. The number of aromatic nitrogens is 1. The van der Waals surface area contributed by atoms with Crippen molar-refractivity contribution in [3.63, 3.8) is 0 Å². The Labute approximate surface area is 200 Å². The molecule has 3 aromatic rings. The Balaban J connectivity index is 1.66. The van der Waals surface area contributed by atoms with Crippen LogP contribution in [0.5, 0.6) is 17.2 Å². The van der Waals surface area contributed by atoms with Crippen LogP contribution in [-0.4, -0.2) is 45.3 Å². The molecular weight excluding hydrogens is 458 g/mol. The molecule has 0 radical (unpaired) electrons. The van der Waals surface area contributed by atoms with Gasteiger partial charge < -0.3 is 29.6 Å². The fraction of sp³-hybridized carbons (Fsp3) is 0.208. The first-order valence-corrected chi connectivity index (χ1v) is 11.1. The molecule has 0 fully saturated rings. The molecule has 2 N–H and O–H groups in total. The number of hydrogen-bond acceptors (Lipinski definition) is 9. The van der Waals surface area contributed by atoms with Crippen molar-refractivity contribution in [2.75, 3.05) is 39.1 Å². The minimum Gasteiger partial charge on any atom is -0.493 e. The predicted molar refractivity (Wildman–Crippen MR) is 128 cm³/mol. The van der Waals surface area contributed by atoms with E-state index in [4.69, 9.17) is 18.9 Å². The Morgan fingerprint density at radius 3 is 2.32 bits per heavy atom.